The molecule has 0 aliphatic heterocycles. The van der Waals surface area contributed by atoms with Gasteiger partial charge in [0.25, 0.3) is 0 Å². The largest absolute Gasteiger partial charge is 0.465 e. The predicted octanol–water partition coefficient (Wildman–Crippen LogP) is 0.147. The molecule has 0 aromatic carbocycles. The van der Waals surface area contributed by atoms with Gasteiger partial charge >= 0.3 is 5.97 Å². The number of aliphatic hydroxyl groups excluding tert-OH is 2. The summed E-state index contributed by atoms with van der Waals surface area (Å²) in [5.41, 5.74) is -0.711. The van der Waals surface area contributed by atoms with E-state index in [1.807, 2.05) is 6.92 Å². The van der Waals surface area contributed by atoms with Gasteiger partial charge in [-0.2, -0.15) is 11.8 Å². The molecule has 106 valence electrons. The van der Waals surface area contributed by atoms with Crippen molar-refractivity contribution in [3.63, 3.8) is 0 Å². The molecule has 1 fully saturated rings. The van der Waals surface area contributed by atoms with E-state index in [-0.39, 0.29) is 12.6 Å². The zero-order valence-corrected chi connectivity index (χ0v) is 11.8. The number of thioether (sulfide) groups is 1. The average molecular weight is 277 g/mol. The summed E-state index contributed by atoms with van der Waals surface area (Å²) in [5.74, 6) is 0.694. The van der Waals surface area contributed by atoms with Crippen molar-refractivity contribution in [3.05, 3.63) is 0 Å². The minimum absolute atomic E-state index is 0.247. The summed E-state index contributed by atoms with van der Waals surface area (Å²) in [4.78, 5) is 12.0. The lowest BCUT2D eigenvalue weighted by Gasteiger charge is -2.28. The van der Waals surface area contributed by atoms with Gasteiger partial charge < -0.3 is 14.9 Å². The molecule has 0 radical (unpaired) electrons. The molecule has 0 heterocycles. The van der Waals surface area contributed by atoms with Gasteiger partial charge in [-0.25, -0.2) is 0 Å². The van der Waals surface area contributed by atoms with Crippen LogP contribution in [0.2, 0.25) is 0 Å². The van der Waals surface area contributed by atoms with E-state index >= 15 is 0 Å². The number of esters is 1. The number of carbonyl (C=O) groups is 1. The van der Waals surface area contributed by atoms with Crippen LogP contribution in [0.3, 0.4) is 0 Å². The van der Waals surface area contributed by atoms with E-state index in [4.69, 9.17) is 9.84 Å². The molecule has 1 aliphatic carbocycles. The fourth-order valence-corrected chi connectivity index (χ4v) is 2.68. The van der Waals surface area contributed by atoms with E-state index in [9.17, 15) is 9.90 Å². The fraction of sp³-hybridized carbons (Fsp3) is 0.917. The third kappa shape index (κ3) is 5.14. The molecule has 6 heteroatoms. The lowest BCUT2D eigenvalue weighted by atomic mass is 10.1. The van der Waals surface area contributed by atoms with Gasteiger partial charge in [-0.1, -0.05) is 0 Å². The average Bonchev–Trinajstić information content (AvgIpc) is 3.12. The standard InChI is InChI=1S/C12H23NO4S/c1-3-17-11(16)12(2,13-9-4-5-9)8-18-7-10(15)6-14/h9-10,13-15H,3-8H2,1-2H3. The zero-order chi connectivity index (χ0) is 13.6. The predicted molar refractivity (Wildman–Crippen MR) is 71.6 cm³/mol. The second-order valence-electron chi connectivity index (χ2n) is 4.82. The van der Waals surface area contributed by atoms with E-state index in [2.05, 4.69) is 5.32 Å². The molecule has 1 aliphatic rings. The minimum atomic E-state index is -0.734. The Balaban J connectivity index is 2.45. The maximum Gasteiger partial charge on any atom is 0.326 e. The molecule has 0 saturated heterocycles. The van der Waals surface area contributed by atoms with Gasteiger partial charge in [-0.05, 0) is 26.7 Å². The van der Waals surface area contributed by atoms with Gasteiger partial charge in [0.15, 0.2) is 0 Å². The van der Waals surface area contributed by atoms with Crippen LogP contribution >= 0.6 is 11.8 Å². The molecule has 0 aromatic heterocycles. The Morgan fingerprint density at radius 3 is 2.78 bits per heavy atom. The van der Waals surface area contributed by atoms with Crippen molar-refractivity contribution in [2.24, 2.45) is 0 Å². The van der Waals surface area contributed by atoms with Crippen molar-refractivity contribution in [2.45, 2.75) is 44.4 Å². The Labute approximate surface area is 112 Å². The van der Waals surface area contributed by atoms with E-state index in [1.165, 1.54) is 11.8 Å². The summed E-state index contributed by atoms with van der Waals surface area (Å²) in [6.45, 7) is 3.74. The number of nitrogens with one attached hydrogen (secondary N) is 1. The molecule has 1 saturated carbocycles. The molecule has 0 bridgehead atoms. The topological polar surface area (TPSA) is 78.8 Å². The Kier molecular flexibility index (Phi) is 6.42. The molecule has 0 spiro atoms. The van der Waals surface area contributed by atoms with Crippen LogP contribution in [-0.2, 0) is 9.53 Å². The van der Waals surface area contributed by atoms with Gasteiger partial charge in [0.2, 0.25) is 0 Å². The maximum absolute atomic E-state index is 12.0. The molecule has 2 unspecified atom stereocenters. The van der Waals surface area contributed by atoms with Crippen molar-refractivity contribution in [1.82, 2.24) is 5.32 Å². The van der Waals surface area contributed by atoms with E-state index in [0.29, 0.717) is 24.2 Å². The molecular formula is C12H23NO4S. The molecule has 3 N–H and O–H groups in total. The summed E-state index contributed by atoms with van der Waals surface area (Å²) < 4.78 is 5.09. The smallest absolute Gasteiger partial charge is 0.326 e. The molecule has 1 rings (SSSR count). The van der Waals surface area contributed by atoms with Crippen LogP contribution in [0.4, 0.5) is 0 Å². The van der Waals surface area contributed by atoms with Crippen LogP contribution in [0.25, 0.3) is 0 Å². The summed E-state index contributed by atoms with van der Waals surface area (Å²) >= 11 is 1.44. The molecule has 18 heavy (non-hydrogen) atoms. The van der Waals surface area contributed by atoms with Crippen LogP contribution in [0.15, 0.2) is 0 Å². The number of ether oxygens (including phenoxy) is 1. The molecule has 0 amide bonds. The van der Waals surface area contributed by atoms with Crippen LogP contribution < -0.4 is 5.32 Å². The van der Waals surface area contributed by atoms with Crippen molar-refractivity contribution < 1.29 is 19.7 Å². The van der Waals surface area contributed by atoms with Crippen LogP contribution in [0, 0.1) is 0 Å². The quantitative estimate of drug-likeness (QED) is 0.521. The van der Waals surface area contributed by atoms with Crippen LogP contribution in [-0.4, -0.2) is 58.6 Å². The van der Waals surface area contributed by atoms with Crippen molar-refractivity contribution in [3.8, 4) is 0 Å². The van der Waals surface area contributed by atoms with Gasteiger partial charge in [-0.3, -0.25) is 10.1 Å². The van der Waals surface area contributed by atoms with Crippen LogP contribution in [0.1, 0.15) is 26.7 Å². The SMILES string of the molecule is CCOC(=O)C(C)(CSCC(O)CO)NC1CC1. The minimum Gasteiger partial charge on any atom is -0.465 e. The monoisotopic (exact) mass is 277 g/mol. The number of rotatable bonds is 9. The first kappa shape index (κ1) is 15.8. The normalized spacial score (nSPS) is 20.2. The van der Waals surface area contributed by atoms with Crippen molar-refractivity contribution in [2.75, 3.05) is 24.7 Å². The highest BCUT2D eigenvalue weighted by Gasteiger charge is 2.39. The lowest BCUT2D eigenvalue weighted by Crippen LogP contribution is -2.53. The third-order valence-corrected chi connectivity index (χ3v) is 4.14. The first-order valence-electron chi connectivity index (χ1n) is 6.33. The number of carbonyl (C=O) groups excluding carboxylic acids is 1. The zero-order valence-electron chi connectivity index (χ0n) is 11.0. The van der Waals surface area contributed by atoms with Gasteiger partial charge in [-0.15, -0.1) is 0 Å². The molecular weight excluding hydrogens is 254 g/mol. The van der Waals surface area contributed by atoms with Gasteiger partial charge in [0.1, 0.15) is 5.54 Å². The Bertz CT molecular complexity index is 273. The van der Waals surface area contributed by atoms with E-state index < -0.39 is 11.6 Å². The highest BCUT2D eigenvalue weighted by atomic mass is 32.2. The van der Waals surface area contributed by atoms with E-state index in [1.54, 1.807) is 6.92 Å². The first-order chi connectivity index (χ1) is 8.51. The van der Waals surface area contributed by atoms with Crippen molar-refractivity contribution >= 4 is 17.7 Å². The molecule has 2 atom stereocenters. The molecule has 5 nitrogen and oxygen atoms in total. The van der Waals surface area contributed by atoms with Gasteiger partial charge in [0.05, 0.1) is 19.3 Å². The number of hydrogen-bond acceptors (Lipinski definition) is 6. The summed E-state index contributed by atoms with van der Waals surface area (Å²) in [5, 5.41) is 21.3. The number of aliphatic hydroxyl groups is 2. The van der Waals surface area contributed by atoms with Gasteiger partial charge in [0, 0.05) is 17.5 Å². The van der Waals surface area contributed by atoms with Crippen molar-refractivity contribution in [1.29, 1.82) is 0 Å². The second-order valence-corrected chi connectivity index (χ2v) is 5.85. The summed E-state index contributed by atoms with van der Waals surface area (Å²) in [6.07, 6.45) is 1.46. The Morgan fingerprint density at radius 1 is 1.61 bits per heavy atom. The summed E-state index contributed by atoms with van der Waals surface area (Å²) in [6, 6.07) is 0.405. The fourth-order valence-electron chi connectivity index (χ4n) is 1.58. The maximum atomic E-state index is 12.0. The highest BCUT2D eigenvalue weighted by Crippen LogP contribution is 2.25. The third-order valence-electron chi connectivity index (χ3n) is 2.74. The Hall–Kier alpha value is -0.300. The molecule has 0 aromatic rings. The second kappa shape index (κ2) is 7.33. The van der Waals surface area contributed by atoms with Crippen LogP contribution in [0.5, 0.6) is 0 Å². The highest BCUT2D eigenvalue weighted by molar-refractivity contribution is 7.99. The first-order valence-corrected chi connectivity index (χ1v) is 7.49. The summed E-state index contributed by atoms with van der Waals surface area (Å²) in [7, 11) is 0. The lowest BCUT2D eigenvalue weighted by molar-refractivity contribution is -0.149. The van der Waals surface area contributed by atoms with E-state index in [0.717, 1.165) is 12.8 Å². The number of hydrogen-bond donors (Lipinski definition) is 3. The Morgan fingerprint density at radius 2 is 2.28 bits per heavy atom.